The van der Waals surface area contributed by atoms with Gasteiger partial charge in [0.05, 0.1) is 16.4 Å². The second kappa shape index (κ2) is 8.50. The molecular weight excluding hydrogens is 350 g/mol. The molecule has 0 fully saturated rings. The van der Waals surface area contributed by atoms with Gasteiger partial charge >= 0.3 is 5.97 Å². The number of pyridine rings is 1. The Balaban J connectivity index is 2.17. The topological polar surface area (TPSA) is 103 Å². The Labute approximate surface area is 156 Å². The van der Waals surface area contributed by atoms with Crippen LogP contribution >= 0.6 is 11.8 Å². The van der Waals surface area contributed by atoms with Crippen molar-refractivity contribution in [2.45, 2.75) is 37.5 Å². The molecule has 0 aliphatic heterocycles. The van der Waals surface area contributed by atoms with Crippen LogP contribution in [0.1, 0.15) is 40.5 Å². The van der Waals surface area contributed by atoms with Crippen LogP contribution in [-0.2, 0) is 4.79 Å². The Hall–Kier alpha value is -2.85. The number of benzene rings is 1. The monoisotopic (exact) mass is 369 g/mol. The van der Waals surface area contributed by atoms with Gasteiger partial charge in [-0.05, 0) is 56.2 Å². The number of amides is 1. The summed E-state index contributed by atoms with van der Waals surface area (Å²) in [5.74, 6) is -1.24. The number of aromatic nitrogens is 1. The number of nitrogens with zero attached hydrogens (tertiary/aromatic N) is 2. The van der Waals surface area contributed by atoms with Gasteiger partial charge in [-0.2, -0.15) is 5.26 Å². The molecule has 26 heavy (non-hydrogen) atoms. The van der Waals surface area contributed by atoms with Gasteiger partial charge in [0.2, 0.25) is 5.91 Å². The van der Waals surface area contributed by atoms with Crippen molar-refractivity contribution >= 4 is 29.3 Å². The number of thioether (sulfide) groups is 1. The van der Waals surface area contributed by atoms with E-state index in [0.717, 1.165) is 11.3 Å². The van der Waals surface area contributed by atoms with Gasteiger partial charge < -0.3 is 10.4 Å². The van der Waals surface area contributed by atoms with Crippen molar-refractivity contribution in [3.05, 3.63) is 52.7 Å². The highest BCUT2D eigenvalue weighted by Gasteiger charge is 2.21. The summed E-state index contributed by atoms with van der Waals surface area (Å²) < 4.78 is 0. The lowest BCUT2D eigenvalue weighted by atomic mass is 10.1. The van der Waals surface area contributed by atoms with E-state index in [9.17, 15) is 14.9 Å². The third-order valence-corrected chi connectivity index (χ3v) is 5.09. The van der Waals surface area contributed by atoms with Gasteiger partial charge in [0, 0.05) is 11.4 Å². The average molecular weight is 369 g/mol. The Morgan fingerprint density at radius 3 is 2.50 bits per heavy atom. The fourth-order valence-electron chi connectivity index (χ4n) is 2.40. The molecule has 2 aromatic rings. The molecule has 0 spiro atoms. The van der Waals surface area contributed by atoms with Gasteiger partial charge in [0.1, 0.15) is 11.1 Å². The Kier molecular flexibility index (Phi) is 6.36. The number of carboxylic acids is 1. The van der Waals surface area contributed by atoms with Crippen LogP contribution in [0.3, 0.4) is 0 Å². The highest BCUT2D eigenvalue weighted by molar-refractivity contribution is 8.00. The quantitative estimate of drug-likeness (QED) is 0.751. The van der Waals surface area contributed by atoms with Crippen molar-refractivity contribution in [2.24, 2.45) is 0 Å². The minimum Gasteiger partial charge on any atom is -0.478 e. The van der Waals surface area contributed by atoms with E-state index in [1.54, 1.807) is 12.1 Å². The Morgan fingerprint density at radius 2 is 1.96 bits per heavy atom. The van der Waals surface area contributed by atoms with E-state index in [1.807, 2.05) is 26.8 Å². The number of carbonyl (C=O) groups excluding carboxylic acids is 1. The van der Waals surface area contributed by atoms with E-state index < -0.39 is 11.2 Å². The summed E-state index contributed by atoms with van der Waals surface area (Å²) in [4.78, 5) is 27.9. The molecule has 0 aliphatic rings. The van der Waals surface area contributed by atoms with Crippen molar-refractivity contribution in [3.63, 3.8) is 0 Å². The van der Waals surface area contributed by atoms with E-state index in [-0.39, 0.29) is 11.5 Å². The molecule has 6 nitrogen and oxygen atoms in total. The maximum atomic E-state index is 12.6. The smallest absolute Gasteiger partial charge is 0.335 e. The van der Waals surface area contributed by atoms with Crippen LogP contribution in [0.2, 0.25) is 0 Å². The fraction of sp³-hybridized carbons (Fsp3) is 0.263. The molecule has 0 saturated heterocycles. The van der Waals surface area contributed by atoms with Gasteiger partial charge in [0.25, 0.3) is 0 Å². The van der Waals surface area contributed by atoms with Crippen LogP contribution < -0.4 is 5.32 Å². The molecule has 1 aromatic heterocycles. The van der Waals surface area contributed by atoms with E-state index in [2.05, 4.69) is 16.4 Å². The molecule has 134 valence electrons. The van der Waals surface area contributed by atoms with Crippen LogP contribution in [0, 0.1) is 25.2 Å². The number of rotatable bonds is 6. The zero-order valence-electron chi connectivity index (χ0n) is 14.7. The molecular formula is C19H19N3O3S. The number of aromatic carboxylic acids is 1. The largest absolute Gasteiger partial charge is 0.478 e. The zero-order valence-corrected chi connectivity index (χ0v) is 15.6. The number of carbonyl (C=O) groups is 2. The minimum absolute atomic E-state index is 0.155. The lowest BCUT2D eigenvalue weighted by Gasteiger charge is -2.16. The maximum absolute atomic E-state index is 12.6. The third-order valence-electron chi connectivity index (χ3n) is 3.74. The SMILES string of the molecule is CCC(Sc1nc(C)cc(C)c1C#N)C(=O)Nc1ccc(C(=O)O)cc1. The van der Waals surface area contributed by atoms with Gasteiger partial charge in [-0.3, -0.25) is 4.79 Å². The number of carboxylic acid groups (broad SMARTS) is 1. The van der Waals surface area contributed by atoms with Crippen LogP contribution in [0.4, 0.5) is 5.69 Å². The normalized spacial score (nSPS) is 11.5. The van der Waals surface area contributed by atoms with Crippen LogP contribution in [0.5, 0.6) is 0 Å². The molecule has 1 atom stereocenters. The summed E-state index contributed by atoms with van der Waals surface area (Å²) in [5, 5.41) is 21.2. The second-order valence-electron chi connectivity index (χ2n) is 5.76. The fourth-order valence-corrected chi connectivity index (χ4v) is 3.52. The average Bonchev–Trinajstić information content (AvgIpc) is 2.59. The van der Waals surface area contributed by atoms with Crippen molar-refractivity contribution in [1.82, 2.24) is 4.98 Å². The molecule has 2 N–H and O–H groups in total. The van der Waals surface area contributed by atoms with Crippen LogP contribution in [0.15, 0.2) is 35.4 Å². The summed E-state index contributed by atoms with van der Waals surface area (Å²) in [6.45, 7) is 5.59. The summed E-state index contributed by atoms with van der Waals surface area (Å²) >= 11 is 1.26. The number of hydrogen-bond acceptors (Lipinski definition) is 5. The molecule has 0 bridgehead atoms. The summed E-state index contributed by atoms with van der Waals surface area (Å²) in [6.07, 6.45) is 0.559. The highest BCUT2D eigenvalue weighted by Crippen LogP contribution is 2.29. The number of nitrogens with one attached hydrogen (secondary N) is 1. The molecule has 0 saturated carbocycles. The molecule has 1 heterocycles. The van der Waals surface area contributed by atoms with Gasteiger partial charge in [-0.1, -0.05) is 18.7 Å². The zero-order chi connectivity index (χ0) is 19.3. The molecule has 2 rings (SSSR count). The Bertz CT molecular complexity index is 873. The predicted octanol–water partition coefficient (Wildman–Crippen LogP) is 3.78. The number of anilines is 1. The molecule has 0 radical (unpaired) electrons. The van der Waals surface area contributed by atoms with E-state index in [1.165, 1.54) is 23.9 Å². The number of hydrogen-bond donors (Lipinski definition) is 2. The molecule has 1 unspecified atom stereocenters. The number of aryl methyl sites for hydroxylation is 2. The third kappa shape index (κ3) is 4.61. The summed E-state index contributed by atoms with van der Waals surface area (Å²) in [5.41, 5.74) is 2.79. The maximum Gasteiger partial charge on any atom is 0.335 e. The van der Waals surface area contributed by atoms with Crippen LogP contribution in [-0.4, -0.2) is 27.2 Å². The standard InChI is InChI=1S/C19H19N3O3S/c1-4-16(26-18-15(10-20)11(2)9-12(3)21-18)17(23)22-14-7-5-13(6-8-14)19(24)25/h5-9,16H,4H2,1-3H3,(H,22,23)(H,24,25). The first-order valence-corrected chi connectivity index (χ1v) is 8.92. The van der Waals surface area contributed by atoms with Crippen molar-refractivity contribution in [2.75, 3.05) is 5.32 Å². The lowest BCUT2D eigenvalue weighted by molar-refractivity contribution is -0.115. The van der Waals surface area contributed by atoms with Crippen molar-refractivity contribution in [3.8, 4) is 6.07 Å². The van der Waals surface area contributed by atoms with Gasteiger partial charge in [0.15, 0.2) is 0 Å². The van der Waals surface area contributed by atoms with Crippen molar-refractivity contribution in [1.29, 1.82) is 5.26 Å². The summed E-state index contributed by atoms with van der Waals surface area (Å²) in [7, 11) is 0. The Morgan fingerprint density at radius 1 is 1.31 bits per heavy atom. The predicted molar refractivity (Wildman–Crippen MR) is 100 cm³/mol. The highest BCUT2D eigenvalue weighted by atomic mass is 32.2. The van der Waals surface area contributed by atoms with Crippen molar-refractivity contribution < 1.29 is 14.7 Å². The number of nitriles is 1. The van der Waals surface area contributed by atoms with E-state index in [4.69, 9.17) is 5.11 Å². The van der Waals surface area contributed by atoms with Gasteiger partial charge in [-0.25, -0.2) is 9.78 Å². The molecule has 7 heteroatoms. The second-order valence-corrected chi connectivity index (χ2v) is 6.95. The van der Waals surface area contributed by atoms with E-state index in [0.29, 0.717) is 22.7 Å². The first-order chi connectivity index (χ1) is 12.3. The molecule has 1 aromatic carbocycles. The molecule has 1 amide bonds. The lowest BCUT2D eigenvalue weighted by Crippen LogP contribution is -2.25. The minimum atomic E-state index is -1.02. The van der Waals surface area contributed by atoms with E-state index >= 15 is 0 Å². The molecule has 0 aliphatic carbocycles. The van der Waals surface area contributed by atoms with Crippen LogP contribution in [0.25, 0.3) is 0 Å². The van der Waals surface area contributed by atoms with Gasteiger partial charge in [-0.15, -0.1) is 0 Å². The first kappa shape index (κ1) is 19.5. The summed E-state index contributed by atoms with van der Waals surface area (Å²) in [6, 6.07) is 9.97. The first-order valence-electron chi connectivity index (χ1n) is 8.05.